The molecule has 0 aliphatic heterocycles. The molecule has 1 spiro atoms. The van der Waals surface area contributed by atoms with Crippen molar-refractivity contribution in [2.45, 2.75) is 64.0 Å². The molecule has 2 heterocycles. The van der Waals surface area contributed by atoms with E-state index < -0.39 is 0 Å². The zero-order valence-corrected chi connectivity index (χ0v) is 13.8. The maximum Gasteiger partial charge on any atom is 0.254 e. The largest absolute Gasteiger partial charge is 0.378 e. The summed E-state index contributed by atoms with van der Waals surface area (Å²) in [4.78, 5) is 8.74. The van der Waals surface area contributed by atoms with Gasteiger partial charge < -0.3 is 10.1 Å². The van der Waals surface area contributed by atoms with E-state index in [1.54, 1.807) is 13.4 Å². The van der Waals surface area contributed by atoms with Crippen LogP contribution in [0.4, 0.5) is 5.82 Å². The molecule has 2 saturated carbocycles. The summed E-state index contributed by atoms with van der Waals surface area (Å²) in [6, 6.07) is 2.59. The van der Waals surface area contributed by atoms with Crippen LogP contribution in [0.1, 0.15) is 57.1 Å². The maximum atomic E-state index is 5.24. The Morgan fingerprint density at radius 2 is 2.04 bits per heavy atom. The van der Waals surface area contributed by atoms with Gasteiger partial charge in [0, 0.05) is 19.2 Å². The van der Waals surface area contributed by atoms with Gasteiger partial charge in [0.05, 0.1) is 12.3 Å². The minimum absolute atomic E-state index is 0.482. The molecule has 0 radical (unpaired) electrons. The molecular formula is C17H25N5O. The van der Waals surface area contributed by atoms with Crippen molar-refractivity contribution in [1.82, 2.24) is 19.6 Å². The quantitative estimate of drug-likeness (QED) is 0.938. The minimum atomic E-state index is 0.482. The molecule has 124 valence electrons. The average molecular weight is 315 g/mol. The van der Waals surface area contributed by atoms with Gasteiger partial charge in [0.25, 0.3) is 5.78 Å². The third-order valence-corrected chi connectivity index (χ3v) is 5.68. The Morgan fingerprint density at radius 3 is 2.83 bits per heavy atom. The highest BCUT2D eigenvalue weighted by molar-refractivity contribution is 5.46. The van der Waals surface area contributed by atoms with Gasteiger partial charge in [0.15, 0.2) is 0 Å². The fourth-order valence-corrected chi connectivity index (χ4v) is 4.57. The van der Waals surface area contributed by atoms with Crippen LogP contribution in [0.2, 0.25) is 0 Å². The first-order chi connectivity index (χ1) is 11.3. The number of nitrogens with one attached hydrogen (secondary N) is 1. The van der Waals surface area contributed by atoms with Crippen molar-refractivity contribution in [3.63, 3.8) is 0 Å². The van der Waals surface area contributed by atoms with E-state index in [4.69, 9.17) is 4.74 Å². The van der Waals surface area contributed by atoms with E-state index >= 15 is 0 Å². The van der Waals surface area contributed by atoms with Crippen molar-refractivity contribution in [1.29, 1.82) is 0 Å². The van der Waals surface area contributed by atoms with Gasteiger partial charge in [0.1, 0.15) is 12.1 Å². The van der Waals surface area contributed by atoms with E-state index in [1.165, 1.54) is 51.4 Å². The number of fused-ring (bicyclic) bond motifs is 1. The molecule has 2 fully saturated rings. The highest BCUT2D eigenvalue weighted by Gasteiger charge is 2.42. The number of hydrogen-bond donors (Lipinski definition) is 1. The van der Waals surface area contributed by atoms with Crippen LogP contribution in [-0.2, 0) is 11.3 Å². The Morgan fingerprint density at radius 1 is 1.26 bits per heavy atom. The molecular weight excluding hydrogens is 290 g/mol. The minimum Gasteiger partial charge on any atom is -0.378 e. The van der Waals surface area contributed by atoms with Crippen LogP contribution in [0.3, 0.4) is 0 Å². The maximum absolute atomic E-state index is 5.24. The molecule has 6 nitrogen and oxygen atoms in total. The predicted octanol–water partition coefficient (Wildman–Crippen LogP) is 3.19. The lowest BCUT2D eigenvalue weighted by Crippen LogP contribution is -2.41. The molecule has 2 aliphatic carbocycles. The second kappa shape index (κ2) is 6.07. The molecule has 6 heteroatoms. The summed E-state index contributed by atoms with van der Waals surface area (Å²) in [7, 11) is 1.69. The van der Waals surface area contributed by atoms with Gasteiger partial charge >= 0.3 is 0 Å². The summed E-state index contributed by atoms with van der Waals surface area (Å²) in [6.07, 6.45) is 12.3. The lowest BCUT2D eigenvalue weighted by atomic mass is 9.69. The number of anilines is 1. The Hall–Kier alpha value is -1.69. The van der Waals surface area contributed by atoms with Crippen LogP contribution in [0.15, 0.2) is 12.4 Å². The smallest absolute Gasteiger partial charge is 0.254 e. The van der Waals surface area contributed by atoms with E-state index in [9.17, 15) is 0 Å². The van der Waals surface area contributed by atoms with Gasteiger partial charge in [-0.3, -0.25) is 0 Å². The fourth-order valence-electron chi connectivity index (χ4n) is 4.57. The van der Waals surface area contributed by atoms with Gasteiger partial charge in [-0.15, -0.1) is 0 Å². The fraction of sp³-hybridized carbons (Fsp3) is 0.706. The normalized spacial score (nSPS) is 23.6. The zero-order chi connectivity index (χ0) is 15.7. The molecule has 1 unspecified atom stereocenters. The number of nitrogens with zero attached hydrogens (tertiary/aromatic N) is 4. The standard InChI is InChI=1S/C17H25N5O/c1-23-11-13-10-15(22-16(20-13)18-12-19-22)21-14-6-2-3-7-17(14)8-4-5-9-17/h10,12,14,21H,2-9,11H2,1H3. The second-order valence-corrected chi connectivity index (χ2v) is 7.05. The van der Waals surface area contributed by atoms with Crippen molar-refractivity contribution in [2.75, 3.05) is 12.4 Å². The Kier molecular flexibility index (Phi) is 3.93. The monoisotopic (exact) mass is 315 g/mol. The van der Waals surface area contributed by atoms with Gasteiger partial charge in [0.2, 0.25) is 0 Å². The van der Waals surface area contributed by atoms with Crippen molar-refractivity contribution >= 4 is 11.6 Å². The average Bonchev–Trinajstić information content (AvgIpc) is 3.20. The number of rotatable bonds is 4. The van der Waals surface area contributed by atoms with Crippen molar-refractivity contribution < 1.29 is 4.74 Å². The molecule has 2 aromatic rings. The van der Waals surface area contributed by atoms with Gasteiger partial charge in [-0.05, 0) is 31.1 Å². The van der Waals surface area contributed by atoms with Crippen LogP contribution in [-0.4, -0.2) is 32.7 Å². The first kappa shape index (κ1) is 14.9. The molecule has 2 aliphatic rings. The van der Waals surface area contributed by atoms with E-state index in [0.29, 0.717) is 23.8 Å². The second-order valence-electron chi connectivity index (χ2n) is 7.05. The van der Waals surface area contributed by atoms with Crippen LogP contribution in [0.5, 0.6) is 0 Å². The first-order valence-corrected chi connectivity index (χ1v) is 8.76. The molecule has 4 rings (SSSR count). The first-order valence-electron chi connectivity index (χ1n) is 8.76. The summed E-state index contributed by atoms with van der Waals surface area (Å²) >= 11 is 0. The predicted molar refractivity (Wildman–Crippen MR) is 88.3 cm³/mol. The van der Waals surface area contributed by atoms with Crippen molar-refractivity contribution in [2.24, 2.45) is 5.41 Å². The van der Waals surface area contributed by atoms with Gasteiger partial charge in [-0.1, -0.05) is 25.7 Å². The topological polar surface area (TPSA) is 64.3 Å². The molecule has 0 bridgehead atoms. The Balaban J connectivity index is 1.66. The molecule has 0 amide bonds. The van der Waals surface area contributed by atoms with Crippen molar-refractivity contribution in [3.05, 3.63) is 18.1 Å². The number of methoxy groups -OCH3 is 1. The third kappa shape index (κ3) is 2.69. The molecule has 0 saturated heterocycles. The highest BCUT2D eigenvalue weighted by Crippen LogP contribution is 2.49. The summed E-state index contributed by atoms with van der Waals surface area (Å²) < 4.78 is 7.06. The van der Waals surface area contributed by atoms with E-state index in [1.807, 2.05) is 4.52 Å². The Labute approximate surface area is 136 Å². The van der Waals surface area contributed by atoms with Crippen LogP contribution in [0, 0.1) is 5.41 Å². The van der Waals surface area contributed by atoms with E-state index in [-0.39, 0.29) is 0 Å². The third-order valence-electron chi connectivity index (χ3n) is 5.68. The number of ether oxygens (including phenoxy) is 1. The van der Waals surface area contributed by atoms with Crippen molar-refractivity contribution in [3.8, 4) is 0 Å². The highest BCUT2D eigenvalue weighted by atomic mass is 16.5. The van der Waals surface area contributed by atoms with E-state index in [2.05, 4.69) is 26.4 Å². The lowest BCUT2D eigenvalue weighted by Gasteiger charge is -2.42. The lowest BCUT2D eigenvalue weighted by molar-refractivity contribution is 0.172. The van der Waals surface area contributed by atoms with Gasteiger partial charge in [-0.2, -0.15) is 14.6 Å². The molecule has 0 aromatic carbocycles. The summed E-state index contributed by atoms with van der Waals surface area (Å²) in [5, 5.41) is 8.15. The van der Waals surface area contributed by atoms with Crippen LogP contribution >= 0.6 is 0 Å². The molecule has 1 atom stereocenters. The van der Waals surface area contributed by atoms with Crippen LogP contribution < -0.4 is 5.32 Å². The SMILES string of the molecule is COCc1cc(NC2CCCCC23CCCC3)n2ncnc2n1. The molecule has 23 heavy (non-hydrogen) atoms. The van der Waals surface area contributed by atoms with Crippen LogP contribution in [0.25, 0.3) is 5.78 Å². The molecule has 1 N–H and O–H groups in total. The number of hydrogen-bond acceptors (Lipinski definition) is 5. The molecule has 2 aromatic heterocycles. The Bertz CT molecular complexity index is 677. The van der Waals surface area contributed by atoms with E-state index in [0.717, 1.165) is 11.5 Å². The summed E-state index contributed by atoms with van der Waals surface area (Å²) in [5.74, 6) is 1.64. The number of aromatic nitrogens is 4. The van der Waals surface area contributed by atoms with Gasteiger partial charge in [-0.25, -0.2) is 4.98 Å². The zero-order valence-electron chi connectivity index (χ0n) is 13.8. The summed E-state index contributed by atoms with van der Waals surface area (Å²) in [6.45, 7) is 0.494. The summed E-state index contributed by atoms with van der Waals surface area (Å²) in [5.41, 5.74) is 1.38.